The number of hydrogen-bond donors (Lipinski definition) is 0. The highest BCUT2D eigenvalue weighted by Gasteiger charge is 2.54. The Balaban J connectivity index is 2.94. The Kier molecular flexibility index (Phi) is 6.22. The average molecular weight is 370 g/mol. The van der Waals surface area contributed by atoms with Gasteiger partial charge in [0.25, 0.3) is 0 Å². The number of hydrogen-bond acceptors (Lipinski definition) is 3. The van der Waals surface area contributed by atoms with Crippen LogP contribution in [0.15, 0.2) is 5.10 Å². The van der Waals surface area contributed by atoms with Crippen molar-refractivity contribution in [2.75, 3.05) is 6.54 Å². The Morgan fingerprint density at radius 1 is 1.21 bits per heavy atom. The molecule has 0 N–H and O–H groups in total. The van der Waals surface area contributed by atoms with E-state index in [0.29, 0.717) is 0 Å². The molecule has 0 aromatic heterocycles. The molecule has 19 heavy (non-hydrogen) atoms. The topological polar surface area (TPSA) is 18.8 Å². The minimum atomic E-state index is -1.84. The second-order valence-electron chi connectivity index (χ2n) is 4.85. The van der Waals surface area contributed by atoms with Crippen molar-refractivity contribution in [1.29, 1.82) is 0 Å². The lowest BCUT2D eigenvalue weighted by atomic mass is 10.1. The first-order valence-electron chi connectivity index (χ1n) is 6.16. The van der Waals surface area contributed by atoms with Crippen molar-refractivity contribution >= 4 is 64.3 Å². The number of hydrazone groups is 1. The van der Waals surface area contributed by atoms with Gasteiger partial charge in [0.2, 0.25) is 8.25 Å². The third-order valence-corrected chi connectivity index (χ3v) is 5.28. The molecule has 1 atom stereocenters. The maximum absolute atomic E-state index is 6.23. The Labute approximate surface area is 139 Å². The molecular weight excluding hydrogens is 351 g/mol. The molecule has 0 fully saturated rings. The van der Waals surface area contributed by atoms with E-state index in [1.165, 1.54) is 0 Å². The van der Waals surface area contributed by atoms with Crippen LogP contribution in [-0.2, 0) is 0 Å². The molecule has 112 valence electrons. The van der Waals surface area contributed by atoms with E-state index in [1.54, 1.807) is 11.2 Å². The van der Waals surface area contributed by atoms with Crippen molar-refractivity contribution in [1.82, 2.24) is 9.91 Å². The summed E-state index contributed by atoms with van der Waals surface area (Å²) in [6, 6.07) is 0. The highest BCUT2D eigenvalue weighted by molar-refractivity contribution is 6.75. The van der Waals surface area contributed by atoms with Gasteiger partial charge in [0.1, 0.15) is 12.5 Å². The molecule has 1 aliphatic heterocycles. The van der Waals surface area contributed by atoms with E-state index in [4.69, 9.17) is 58.0 Å². The standard InChI is InChI=1S/C11H18Cl5N3/c1-4-5-6-19-9(8(2)3)18(7-17-19)11(15,16)10(12,13)14/h7-9H,4-6H2,1-3H3. The van der Waals surface area contributed by atoms with Crippen LogP contribution in [0.1, 0.15) is 33.6 Å². The largest absolute Gasteiger partial charge is 0.304 e. The van der Waals surface area contributed by atoms with Crippen LogP contribution in [0.4, 0.5) is 0 Å². The molecule has 8 heteroatoms. The predicted octanol–water partition coefficient (Wildman–Crippen LogP) is 4.83. The maximum Gasteiger partial charge on any atom is 0.241 e. The van der Waals surface area contributed by atoms with Gasteiger partial charge in [0, 0.05) is 6.54 Å². The van der Waals surface area contributed by atoms with Gasteiger partial charge < -0.3 is 4.90 Å². The number of alkyl halides is 5. The number of nitrogens with zero attached hydrogens (tertiary/aromatic N) is 3. The first kappa shape index (κ1) is 17.8. The van der Waals surface area contributed by atoms with Crippen LogP contribution in [-0.4, -0.2) is 37.2 Å². The van der Waals surface area contributed by atoms with Gasteiger partial charge >= 0.3 is 0 Å². The molecule has 0 bridgehead atoms. The molecule has 0 spiro atoms. The van der Waals surface area contributed by atoms with E-state index >= 15 is 0 Å². The number of halogens is 5. The smallest absolute Gasteiger partial charge is 0.241 e. The zero-order valence-corrected chi connectivity index (χ0v) is 14.9. The summed E-state index contributed by atoms with van der Waals surface area (Å²) in [5.41, 5.74) is 0. The van der Waals surface area contributed by atoms with Crippen molar-refractivity contribution in [3.05, 3.63) is 0 Å². The van der Waals surface area contributed by atoms with Crippen LogP contribution in [0.2, 0.25) is 0 Å². The lowest BCUT2D eigenvalue weighted by molar-refractivity contribution is 0.0727. The van der Waals surface area contributed by atoms with Crippen LogP contribution >= 0.6 is 58.0 Å². The fourth-order valence-corrected chi connectivity index (χ4v) is 2.54. The summed E-state index contributed by atoms with van der Waals surface area (Å²) in [6.45, 7) is 7.04. The van der Waals surface area contributed by atoms with Gasteiger partial charge in [0.15, 0.2) is 0 Å². The van der Waals surface area contributed by atoms with Gasteiger partial charge in [-0.3, -0.25) is 5.01 Å². The first-order chi connectivity index (χ1) is 8.63. The van der Waals surface area contributed by atoms with Gasteiger partial charge in [-0.2, -0.15) is 5.10 Å². The summed E-state index contributed by atoms with van der Waals surface area (Å²) in [4.78, 5) is 1.60. The van der Waals surface area contributed by atoms with E-state index < -0.39 is 8.25 Å². The van der Waals surface area contributed by atoms with Crippen molar-refractivity contribution in [3.8, 4) is 0 Å². The van der Waals surface area contributed by atoms with Crippen LogP contribution in [0.25, 0.3) is 0 Å². The van der Waals surface area contributed by atoms with Gasteiger partial charge in [0.05, 0.1) is 0 Å². The van der Waals surface area contributed by atoms with Crippen LogP contribution in [0.5, 0.6) is 0 Å². The molecule has 0 aromatic carbocycles. The summed E-state index contributed by atoms with van der Waals surface area (Å²) < 4.78 is -3.51. The van der Waals surface area contributed by atoms with Crippen molar-refractivity contribution in [2.45, 2.75) is 48.0 Å². The fraction of sp³-hybridized carbons (Fsp3) is 0.909. The summed E-state index contributed by atoms with van der Waals surface area (Å²) in [6.07, 6.45) is 3.52. The number of rotatable bonds is 5. The zero-order chi connectivity index (χ0) is 14.8. The average Bonchev–Trinajstić information content (AvgIpc) is 2.68. The predicted molar refractivity (Wildman–Crippen MR) is 85.3 cm³/mol. The molecule has 0 amide bonds. The number of unbranched alkanes of at least 4 members (excludes halogenated alkanes) is 1. The second kappa shape index (κ2) is 6.65. The molecular formula is C11H18Cl5N3. The lowest BCUT2D eigenvalue weighted by Crippen LogP contribution is -2.56. The van der Waals surface area contributed by atoms with Crippen LogP contribution in [0.3, 0.4) is 0 Å². The monoisotopic (exact) mass is 367 g/mol. The van der Waals surface area contributed by atoms with Gasteiger partial charge in [-0.25, -0.2) is 0 Å². The van der Waals surface area contributed by atoms with Crippen molar-refractivity contribution < 1.29 is 0 Å². The van der Waals surface area contributed by atoms with E-state index in [9.17, 15) is 0 Å². The summed E-state index contributed by atoms with van der Waals surface area (Å²) in [5, 5.41) is 6.26. The third-order valence-electron chi connectivity index (χ3n) is 2.92. The highest BCUT2D eigenvalue weighted by Crippen LogP contribution is 2.49. The van der Waals surface area contributed by atoms with Crippen LogP contribution in [0, 0.1) is 5.92 Å². The molecule has 0 saturated carbocycles. The minimum absolute atomic E-state index is 0.128. The molecule has 1 rings (SSSR count). The molecule has 0 saturated heterocycles. The van der Waals surface area contributed by atoms with Crippen molar-refractivity contribution in [3.63, 3.8) is 0 Å². The van der Waals surface area contributed by atoms with Crippen molar-refractivity contribution in [2.24, 2.45) is 11.0 Å². The zero-order valence-electron chi connectivity index (χ0n) is 11.1. The molecule has 1 unspecified atom stereocenters. The first-order valence-corrected chi connectivity index (χ1v) is 8.05. The van der Waals surface area contributed by atoms with E-state index in [-0.39, 0.29) is 12.1 Å². The molecule has 0 radical (unpaired) electrons. The van der Waals surface area contributed by atoms with Gasteiger partial charge in [-0.15, -0.1) is 0 Å². The second-order valence-corrected chi connectivity index (χ2v) is 8.42. The Morgan fingerprint density at radius 2 is 1.79 bits per heavy atom. The molecule has 1 heterocycles. The van der Waals surface area contributed by atoms with E-state index in [1.807, 2.05) is 18.9 Å². The van der Waals surface area contributed by atoms with E-state index in [0.717, 1.165) is 19.4 Å². The summed E-state index contributed by atoms with van der Waals surface area (Å²) >= 11 is 30.1. The Bertz CT molecular complexity index is 327. The summed E-state index contributed by atoms with van der Waals surface area (Å²) in [7, 11) is 0. The Morgan fingerprint density at radius 3 is 2.21 bits per heavy atom. The minimum Gasteiger partial charge on any atom is -0.304 e. The van der Waals surface area contributed by atoms with Gasteiger partial charge in [-0.05, 0) is 12.3 Å². The van der Waals surface area contributed by atoms with Gasteiger partial charge in [-0.1, -0.05) is 85.2 Å². The normalized spacial score (nSPS) is 20.8. The SMILES string of the molecule is CCCCN1N=CN(C(Cl)(Cl)C(Cl)(Cl)Cl)C1C(C)C. The maximum atomic E-state index is 6.23. The third kappa shape index (κ3) is 3.88. The van der Waals surface area contributed by atoms with Crippen LogP contribution < -0.4 is 0 Å². The molecule has 1 aliphatic rings. The Hall–Kier alpha value is 0.720. The molecule has 0 aromatic rings. The highest BCUT2D eigenvalue weighted by atomic mass is 35.6. The van der Waals surface area contributed by atoms with E-state index in [2.05, 4.69) is 12.0 Å². The fourth-order valence-electron chi connectivity index (χ4n) is 1.96. The lowest BCUT2D eigenvalue weighted by Gasteiger charge is -2.42. The molecule has 3 nitrogen and oxygen atoms in total. The molecule has 0 aliphatic carbocycles. The quantitative estimate of drug-likeness (QED) is 0.510. The summed E-state index contributed by atoms with van der Waals surface area (Å²) in [5.74, 6) is 0.226.